The van der Waals surface area contributed by atoms with Crippen LogP contribution in [0.15, 0.2) is 18.3 Å². The van der Waals surface area contributed by atoms with Crippen molar-refractivity contribution in [1.29, 1.82) is 0 Å². The van der Waals surface area contributed by atoms with E-state index in [4.69, 9.17) is 12.2 Å². The number of pyridine rings is 1. The molecule has 134 valence electrons. The van der Waals surface area contributed by atoms with Gasteiger partial charge < -0.3 is 10.2 Å². The summed E-state index contributed by atoms with van der Waals surface area (Å²) in [6, 6.07) is 4.05. The molecule has 3 rings (SSSR count). The van der Waals surface area contributed by atoms with E-state index < -0.39 is 0 Å². The van der Waals surface area contributed by atoms with Crippen LogP contribution in [-0.2, 0) is 24.3 Å². The molecule has 2 aromatic rings. The lowest BCUT2D eigenvalue weighted by Gasteiger charge is -2.16. The number of nitrogens with one attached hydrogen (secondary N) is 2. The van der Waals surface area contributed by atoms with Gasteiger partial charge in [0.1, 0.15) is 18.2 Å². The van der Waals surface area contributed by atoms with Crippen LogP contribution < -0.4 is 10.2 Å². The SMILES string of the molecule is CCCc1n[nH]c(=S)n1CC(=O)NCc1ccc(N2CCCC2)nc1. The first kappa shape index (κ1) is 17.6. The number of aryl methyl sites for hydroxylation is 1. The molecule has 2 N–H and O–H groups in total. The van der Waals surface area contributed by atoms with Crippen LogP contribution >= 0.6 is 12.2 Å². The lowest BCUT2D eigenvalue weighted by molar-refractivity contribution is -0.121. The summed E-state index contributed by atoms with van der Waals surface area (Å²) in [5.41, 5.74) is 0.987. The van der Waals surface area contributed by atoms with Gasteiger partial charge >= 0.3 is 0 Å². The van der Waals surface area contributed by atoms with Crippen LogP contribution in [0.25, 0.3) is 0 Å². The molecule has 1 aliphatic heterocycles. The molecule has 0 radical (unpaired) electrons. The third kappa shape index (κ3) is 4.45. The standard InChI is InChI=1S/C17H24N6OS/c1-2-5-15-20-21-17(25)23(15)12-16(24)19-11-13-6-7-14(18-10-13)22-8-3-4-9-22/h6-7,10H,2-5,8-9,11-12H2,1H3,(H,19,24)(H,21,25). The first-order chi connectivity index (χ1) is 12.2. The van der Waals surface area contributed by atoms with Gasteiger partial charge in [-0.15, -0.1) is 0 Å². The minimum atomic E-state index is -0.0847. The molecule has 0 aliphatic carbocycles. The average Bonchev–Trinajstić information content (AvgIpc) is 3.26. The van der Waals surface area contributed by atoms with E-state index in [1.54, 1.807) is 4.57 Å². The van der Waals surface area contributed by atoms with Gasteiger partial charge in [0.2, 0.25) is 5.91 Å². The lowest BCUT2D eigenvalue weighted by Crippen LogP contribution is -2.28. The Morgan fingerprint density at radius 1 is 1.36 bits per heavy atom. The average molecular weight is 360 g/mol. The number of hydrogen-bond acceptors (Lipinski definition) is 5. The number of rotatable bonds is 7. The third-order valence-corrected chi connectivity index (χ3v) is 4.65. The summed E-state index contributed by atoms with van der Waals surface area (Å²) < 4.78 is 2.23. The van der Waals surface area contributed by atoms with E-state index in [1.165, 1.54) is 12.8 Å². The summed E-state index contributed by atoms with van der Waals surface area (Å²) in [7, 11) is 0. The number of carbonyl (C=O) groups is 1. The first-order valence-corrected chi connectivity index (χ1v) is 9.19. The van der Waals surface area contributed by atoms with E-state index in [0.29, 0.717) is 11.3 Å². The molecule has 7 nitrogen and oxygen atoms in total. The fourth-order valence-electron chi connectivity index (χ4n) is 2.98. The number of nitrogens with zero attached hydrogens (tertiary/aromatic N) is 4. The van der Waals surface area contributed by atoms with Crippen LogP contribution in [0.3, 0.4) is 0 Å². The van der Waals surface area contributed by atoms with Gasteiger partial charge in [-0.3, -0.25) is 14.5 Å². The normalized spacial score (nSPS) is 14.0. The summed E-state index contributed by atoms with van der Waals surface area (Å²) in [4.78, 5) is 19.0. The second-order valence-electron chi connectivity index (χ2n) is 6.28. The fraction of sp³-hybridized carbons (Fsp3) is 0.529. The molecule has 0 unspecified atom stereocenters. The molecule has 1 saturated heterocycles. The Hall–Kier alpha value is -2.22. The highest BCUT2D eigenvalue weighted by atomic mass is 32.1. The minimum Gasteiger partial charge on any atom is -0.357 e. The summed E-state index contributed by atoms with van der Waals surface area (Å²) in [6.07, 6.45) is 6.05. The molecule has 25 heavy (non-hydrogen) atoms. The minimum absolute atomic E-state index is 0.0847. The topological polar surface area (TPSA) is 78.8 Å². The Kier molecular flexibility index (Phi) is 5.80. The highest BCUT2D eigenvalue weighted by Crippen LogP contribution is 2.17. The van der Waals surface area contributed by atoms with Gasteiger partial charge in [0.25, 0.3) is 0 Å². The molecule has 1 aliphatic rings. The summed E-state index contributed by atoms with van der Waals surface area (Å²) in [5, 5.41) is 9.85. The molecule has 3 heterocycles. The van der Waals surface area contributed by atoms with E-state index >= 15 is 0 Å². The monoisotopic (exact) mass is 360 g/mol. The number of carbonyl (C=O) groups excluding carboxylic acids is 1. The van der Waals surface area contributed by atoms with E-state index in [-0.39, 0.29) is 12.5 Å². The Balaban J connectivity index is 1.54. The van der Waals surface area contributed by atoms with E-state index in [9.17, 15) is 4.79 Å². The second kappa shape index (κ2) is 8.24. The van der Waals surface area contributed by atoms with Crippen LogP contribution in [0, 0.1) is 4.77 Å². The number of amides is 1. The van der Waals surface area contributed by atoms with Crippen LogP contribution in [0.4, 0.5) is 5.82 Å². The van der Waals surface area contributed by atoms with Crippen molar-refractivity contribution in [3.05, 3.63) is 34.5 Å². The Morgan fingerprint density at radius 2 is 2.16 bits per heavy atom. The van der Waals surface area contributed by atoms with Gasteiger partial charge in [0, 0.05) is 32.3 Å². The van der Waals surface area contributed by atoms with Crippen molar-refractivity contribution in [2.75, 3.05) is 18.0 Å². The molecule has 8 heteroatoms. The zero-order valence-corrected chi connectivity index (χ0v) is 15.3. The van der Waals surface area contributed by atoms with Crippen molar-refractivity contribution >= 4 is 23.9 Å². The maximum absolute atomic E-state index is 12.2. The van der Waals surface area contributed by atoms with Gasteiger partial charge in [-0.05, 0) is 43.1 Å². The molecule has 2 aromatic heterocycles. The van der Waals surface area contributed by atoms with Crippen molar-refractivity contribution in [3.63, 3.8) is 0 Å². The highest BCUT2D eigenvalue weighted by Gasteiger charge is 2.13. The number of aromatic amines is 1. The molecule has 0 spiro atoms. The smallest absolute Gasteiger partial charge is 0.240 e. The molecular weight excluding hydrogens is 336 g/mol. The van der Waals surface area contributed by atoms with Gasteiger partial charge in [0.15, 0.2) is 4.77 Å². The van der Waals surface area contributed by atoms with Crippen LogP contribution in [0.1, 0.15) is 37.6 Å². The van der Waals surface area contributed by atoms with E-state index in [2.05, 4.69) is 32.3 Å². The molecule has 1 amide bonds. The Labute approximate surface area is 152 Å². The zero-order chi connectivity index (χ0) is 17.6. The van der Waals surface area contributed by atoms with Gasteiger partial charge in [-0.25, -0.2) is 4.98 Å². The van der Waals surface area contributed by atoms with E-state index in [0.717, 1.165) is 43.1 Å². The van der Waals surface area contributed by atoms with Crippen molar-refractivity contribution in [1.82, 2.24) is 25.1 Å². The molecule has 0 saturated carbocycles. The highest BCUT2D eigenvalue weighted by molar-refractivity contribution is 7.71. The van der Waals surface area contributed by atoms with Gasteiger partial charge in [-0.2, -0.15) is 5.10 Å². The first-order valence-electron chi connectivity index (χ1n) is 8.78. The molecule has 0 atom stereocenters. The Morgan fingerprint density at radius 3 is 2.84 bits per heavy atom. The fourth-order valence-corrected chi connectivity index (χ4v) is 3.20. The van der Waals surface area contributed by atoms with Crippen molar-refractivity contribution < 1.29 is 4.79 Å². The van der Waals surface area contributed by atoms with Crippen LogP contribution in [0.2, 0.25) is 0 Å². The van der Waals surface area contributed by atoms with Gasteiger partial charge in [-0.1, -0.05) is 13.0 Å². The molecule has 0 bridgehead atoms. The Bertz CT molecular complexity index is 760. The van der Waals surface area contributed by atoms with E-state index in [1.807, 2.05) is 18.3 Å². The predicted octanol–water partition coefficient (Wildman–Crippen LogP) is 2.20. The number of aromatic nitrogens is 4. The quantitative estimate of drug-likeness (QED) is 0.740. The number of anilines is 1. The maximum Gasteiger partial charge on any atom is 0.240 e. The molecule has 1 fully saturated rings. The molecular formula is C17H24N6OS. The molecule has 0 aromatic carbocycles. The van der Waals surface area contributed by atoms with Crippen LogP contribution in [0.5, 0.6) is 0 Å². The summed E-state index contributed by atoms with van der Waals surface area (Å²) in [5.74, 6) is 1.75. The maximum atomic E-state index is 12.2. The number of hydrogen-bond donors (Lipinski definition) is 2. The predicted molar refractivity (Wildman–Crippen MR) is 98.9 cm³/mol. The second-order valence-corrected chi connectivity index (χ2v) is 6.66. The zero-order valence-electron chi connectivity index (χ0n) is 14.5. The summed E-state index contributed by atoms with van der Waals surface area (Å²) >= 11 is 5.20. The third-order valence-electron chi connectivity index (χ3n) is 4.34. The van der Waals surface area contributed by atoms with Gasteiger partial charge in [0.05, 0.1) is 0 Å². The van der Waals surface area contributed by atoms with Crippen molar-refractivity contribution in [2.24, 2.45) is 0 Å². The van der Waals surface area contributed by atoms with Crippen molar-refractivity contribution in [2.45, 2.75) is 45.7 Å². The number of H-pyrrole nitrogens is 1. The summed E-state index contributed by atoms with van der Waals surface area (Å²) in [6.45, 7) is 4.87. The lowest BCUT2D eigenvalue weighted by atomic mass is 10.2. The van der Waals surface area contributed by atoms with Crippen molar-refractivity contribution in [3.8, 4) is 0 Å². The van der Waals surface area contributed by atoms with Crippen LogP contribution in [-0.4, -0.2) is 38.7 Å². The largest absolute Gasteiger partial charge is 0.357 e.